The molecule has 0 unspecified atom stereocenters. The van der Waals surface area contributed by atoms with Crippen LogP contribution < -0.4 is 9.64 Å². The second-order valence-corrected chi connectivity index (χ2v) is 8.53. The van der Waals surface area contributed by atoms with Gasteiger partial charge in [-0.25, -0.2) is 4.68 Å². The molecular formula is C24H32N6O. The molecule has 1 fully saturated rings. The number of benzene rings is 2. The number of anilines is 1. The summed E-state index contributed by atoms with van der Waals surface area (Å²) in [7, 11) is 1.72. The molecule has 1 atom stereocenters. The van der Waals surface area contributed by atoms with Crippen molar-refractivity contribution in [3.8, 4) is 5.75 Å². The maximum absolute atomic E-state index is 5.72. The van der Waals surface area contributed by atoms with Crippen LogP contribution in [-0.2, 0) is 0 Å². The molecular weight excluding hydrogens is 388 g/mol. The van der Waals surface area contributed by atoms with Crippen LogP contribution in [0.3, 0.4) is 0 Å². The van der Waals surface area contributed by atoms with E-state index in [1.54, 1.807) is 7.11 Å². The second-order valence-electron chi connectivity index (χ2n) is 8.53. The minimum Gasteiger partial charge on any atom is -0.496 e. The largest absolute Gasteiger partial charge is 0.496 e. The van der Waals surface area contributed by atoms with E-state index in [0.29, 0.717) is 0 Å². The smallest absolute Gasteiger partial charge is 0.173 e. The molecule has 7 nitrogen and oxygen atoms in total. The van der Waals surface area contributed by atoms with E-state index in [-0.39, 0.29) is 12.1 Å². The molecule has 3 aromatic rings. The summed E-state index contributed by atoms with van der Waals surface area (Å²) in [5, 5.41) is 12.7. The molecule has 0 amide bonds. The van der Waals surface area contributed by atoms with Crippen LogP contribution in [0.5, 0.6) is 5.75 Å². The predicted molar refractivity (Wildman–Crippen MR) is 123 cm³/mol. The first-order chi connectivity index (χ1) is 15.0. The lowest BCUT2D eigenvalue weighted by Crippen LogP contribution is -2.48. The Labute approximate surface area is 184 Å². The summed E-state index contributed by atoms with van der Waals surface area (Å²) in [6.45, 7) is 12.3. The van der Waals surface area contributed by atoms with Crippen LogP contribution in [-0.4, -0.2) is 58.4 Å². The summed E-state index contributed by atoms with van der Waals surface area (Å²) in [4.78, 5) is 4.97. The summed E-state index contributed by atoms with van der Waals surface area (Å²) in [6.07, 6.45) is 0. The molecule has 0 spiro atoms. The van der Waals surface area contributed by atoms with Crippen molar-refractivity contribution in [1.29, 1.82) is 0 Å². The standard InChI is InChI=1S/C24H32N6O/c1-17(2)30-24(25-26-27-30)23(20-8-6-7-9-22(20)31-5)29-14-12-28(13-15-29)21-16-18(3)10-11-19(21)4/h6-11,16-17,23H,12-15H2,1-5H3/t23-/m0/s1. The Bertz CT molecular complexity index is 1020. The van der Waals surface area contributed by atoms with Crippen LogP contribution in [0.4, 0.5) is 5.69 Å². The summed E-state index contributed by atoms with van der Waals surface area (Å²) < 4.78 is 7.64. The number of rotatable bonds is 6. The van der Waals surface area contributed by atoms with E-state index in [0.717, 1.165) is 43.3 Å². The number of tetrazole rings is 1. The van der Waals surface area contributed by atoms with Crippen molar-refractivity contribution in [2.24, 2.45) is 0 Å². The maximum Gasteiger partial charge on any atom is 0.173 e. The van der Waals surface area contributed by atoms with Crippen molar-refractivity contribution in [2.75, 3.05) is 38.2 Å². The van der Waals surface area contributed by atoms with E-state index in [1.807, 2.05) is 16.8 Å². The number of piperazine rings is 1. The number of aryl methyl sites for hydroxylation is 2. The van der Waals surface area contributed by atoms with Crippen molar-refractivity contribution in [3.05, 3.63) is 65.0 Å². The summed E-state index contributed by atoms with van der Waals surface area (Å²) in [5.74, 6) is 1.72. The first-order valence-electron chi connectivity index (χ1n) is 11.0. The fourth-order valence-corrected chi connectivity index (χ4v) is 4.42. The number of nitrogens with zero attached hydrogens (tertiary/aromatic N) is 6. The zero-order valence-corrected chi connectivity index (χ0v) is 19.1. The topological polar surface area (TPSA) is 59.3 Å². The minimum absolute atomic E-state index is 0.0608. The van der Waals surface area contributed by atoms with E-state index < -0.39 is 0 Å². The Morgan fingerprint density at radius 2 is 1.71 bits per heavy atom. The number of methoxy groups -OCH3 is 1. The van der Waals surface area contributed by atoms with Gasteiger partial charge in [0.05, 0.1) is 13.2 Å². The Balaban J connectivity index is 1.66. The Morgan fingerprint density at radius 3 is 2.42 bits per heavy atom. The van der Waals surface area contributed by atoms with Gasteiger partial charge in [0, 0.05) is 37.4 Å². The molecule has 164 valence electrons. The van der Waals surface area contributed by atoms with Gasteiger partial charge in [0.15, 0.2) is 5.82 Å². The molecule has 7 heteroatoms. The van der Waals surface area contributed by atoms with Crippen LogP contribution in [0, 0.1) is 13.8 Å². The molecule has 0 aliphatic carbocycles. The zero-order chi connectivity index (χ0) is 22.0. The van der Waals surface area contributed by atoms with Gasteiger partial charge >= 0.3 is 0 Å². The van der Waals surface area contributed by atoms with Crippen LogP contribution in [0.15, 0.2) is 42.5 Å². The third kappa shape index (κ3) is 4.28. The summed E-state index contributed by atoms with van der Waals surface area (Å²) in [5.41, 5.74) is 5.05. The molecule has 1 saturated heterocycles. The Kier molecular flexibility index (Phi) is 6.23. The average Bonchev–Trinajstić information content (AvgIpc) is 3.26. The number of hydrogen-bond acceptors (Lipinski definition) is 6. The third-order valence-electron chi connectivity index (χ3n) is 6.07. The van der Waals surface area contributed by atoms with Gasteiger partial charge < -0.3 is 9.64 Å². The highest BCUT2D eigenvalue weighted by Crippen LogP contribution is 2.35. The zero-order valence-electron chi connectivity index (χ0n) is 19.1. The van der Waals surface area contributed by atoms with Crippen molar-refractivity contribution in [1.82, 2.24) is 25.1 Å². The quantitative estimate of drug-likeness (QED) is 0.605. The molecule has 2 aromatic carbocycles. The first kappa shape index (κ1) is 21.3. The van der Waals surface area contributed by atoms with Crippen LogP contribution in [0.1, 0.15) is 48.4 Å². The first-order valence-corrected chi connectivity index (χ1v) is 11.0. The molecule has 4 rings (SSSR count). The van der Waals surface area contributed by atoms with Gasteiger partial charge in [0.25, 0.3) is 0 Å². The summed E-state index contributed by atoms with van der Waals surface area (Å²) >= 11 is 0. The lowest BCUT2D eigenvalue weighted by Gasteiger charge is -2.40. The monoisotopic (exact) mass is 420 g/mol. The normalized spacial score (nSPS) is 16.0. The maximum atomic E-state index is 5.72. The molecule has 1 aliphatic rings. The summed E-state index contributed by atoms with van der Waals surface area (Å²) in [6, 6.07) is 15.0. The molecule has 1 aromatic heterocycles. The van der Waals surface area contributed by atoms with Gasteiger partial charge in [-0.15, -0.1) is 5.10 Å². The molecule has 2 heterocycles. The van der Waals surface area contributed by atoms with Gasteiger partial charge in [-0.05, 0) is 61.4 Å². The van der Waals surface area contributed by atoms with Gasteiger partial charge in [0.1, 0.15) is 11.8 Å². The number of hydrogen-bond donors (Lipinski definition) is 0. The van der Waals surface area contributed by atoms with Crippen molar-refractivity contribution in [2.45, 2.75) is 39.8 Å². The fourth-order valence-electron chi connectivity index (χ4n) is 4.42. The fraction of sp³-hybridized carbons (Fsp3) is 0.458. The number of aromatic nitrogens is 4. The van der Waals surface area contributed by atoms with E-state index in [4.69, 9.17) is 4.74 Å². The predicted octanol–water partition coefficient (Wildman–Crippen LogP) is 3.79. The van der Waals surface area contributed by atoms with Crippen LogP contribution >= 0.6 is 0 Å². The lowest BCUT2D eigenvalue weighted by atomic mass is 10.0. The molecule has 0 N–H and O–H groups in total. The SMILES string of the molecule is COc1ccccc1[C@@H](c1nnnn1C(C)C)N1CCN(c2cc(C)ccc2C)CC1. The minimum atomic E-state index is -0.0608. The van der Waals surface area contributed by atoms with Gasteiger partial charge in [0.2, 0.25) is 0 Å². The highest BCUT2D eigenvalue weighted by atomic mass is 16.5. The lowest BCUT2D eigenvalue weighted by molar-refractivity contribution is 0.195. The van der Waals surface area contributed by atoms with Gasteiger partial charge in [-0.2, -0.15) is 0 Å². The van der Waals surface area contributed by atoms with E-state index in [9.17, 15) is 0 Å². The molecule has 0 bridgehead atoms. The van der Waals surface area contributed by atoms with Gasteiger partial charge in [-0.1, -0.05) is 30.3 Å². The second kappa shape index (κ2) is 9.06. The van der Waals surface area contributed by atoms with Gasteiger partial charge in [-0.3, -0.25) is 4.90 Å². The van der Waals surface area contributed by atoms with Crippen LogP contribution in [0.2, 0.25) is 0 Å². The van der Waals surface area contributed by atoms with Crippen molar-refractivity contribution < 1.29 is 4.74 Å². The molecule has 31 heavy (non-hydrogen) atoms. The molecule has 0 saturated carbocycles. The van der Waals surface area contributed by atoms with E-state index in [2.05, 4.69) is 83.4 Å². The highest BCUT2D eigenvalue weighted by molar-refractivity contribution is 5.55. The molecule has 1 aliphatic heterocycles. The molecule has 0 radical (unpaired) electrons. The van der Waals surface area contributed by atoms with E-state index >= 15 is 0 Å². The van der Waals surface area contributed by atoms with E-state index in [1.165, 1.54) is 16.8 Å². The average molecular weight is 421 g/mol. The number of ether oxygens (including phenoxy) is 1. The Hall–Kier alpha value is -2.93. The van der Waals surface area contributed by atoms with Crippen LogP contribution in [0.25, 0.3) is 0 Å². The highest BCUT2D eigenvalue weighted by Gasteiger charge is 2.33. The Morgan fingerprint density at radius 1 is 0.968 bits per heavy atom. The number of para-hydroxylation sites is 1. The van der Waals surface area contributed by atoms with Crippen molar-refractivity contribution in [3.63, 3.8) is 0 Å². The third-order valence-corrected chi connectivity index (χ3v) is 6.07. The van der Waals surface area contributed by atoms with Crippen molar-refractivity contribution >= 4 is 5.69 Å².